The van der Waals surface area contributed by atoms with Gasteiger partial charge >= 0.3 is 0 Å². The largest absolute Gasteiger partial charge is 0.492 e. The van der Waals surface area contributed by atoms with Crippen molar-refractivity contribution in [2.24, 2.45) is 0 Å². The maximum Gasteiger partial charge on any atom is 0.138 e. The average Bonchev–Trinajstić information content (AvgIpc) is 2.67. The predicted octanol–water partition coefficient (Wildman–Crippen LogP) is 1.36. The van der Waals surface area contributed by atoms with Gasteiger partial charge in [-0.05, 0) is 11.6 Å². The van der Waals surface area contributed by atoms with Crippen LogP contribution in [-0.2, 0) is 6.42 Å². The van der Waals surface area contributed by atoms with Crippen LogP contribution in [-0.4, -0.2) is 18.3 Å². The van der Waals surface area contributed by atoms with Crippen LogP contribution in [0.2, 0.25) is 0 Å². The molecule has 0 saturated carbocycles. The van der Waals surface area contributed by atoms with Crippen molar-refractivity contribution in [2.45, 2.75) is 12.8 Å². The highest BCUT2D eigenvalue weighted by Crippen LogP contribution is 2.28. The molecule has 0 saturated heterocycles. The highest BCUT2D eigenvalue weighted by Gasteiger charge is 2.13. The summed E-state index contributed by atoms with van der Waals surface area (Å²) in [6.07, 6.45) is 1.49. The van der Waals surface area contributed by atoms with Crippen LogP contribution in [0.3, 0.4) is 0 Å². The molecule has 1 aromatic carbocycles. The van der Waals surface area contributed by atoms with Crippen LogP contribution in [0, 0.1) is 11.8 Å². The van der Waals surface area contributed by atoms with Gasteiger partial charge in [0.05, 0.1) is 18.8 Å². The van der Waals surface area contributed by atoms with Gasteiger partial charge in [0.1, 0.15) is 5.75 Å². The Bertz CT molecular complexity index is 385. The molecular formula is C12H12O2. The first-order valence-electron chi connectivity index (χ1n) is 4.76. The summed E-state index contributed by atoms with van der Waals surface area (Å²) in [6.45, 7) is 0.872. The highest BCUT2D eigenvalue weighted by atomic mass is 16.5. The number of aliphatic hydroxyl groups is 1. The normalized spacial score (nSPS) is 12.6. The van der Waals surface area contributed by atoms with Crippen molar-refractivity contribution in [3.63, 3.8) is 0 Å². The number of rotatable bonds is 1. The molecule has 1 aliphatic heterocycles. The van der Waals surface area contributed by atoms with E-state index < -0.39 is 0 Å². The second-order valence-electron chi connectivity index (χ2n) is 3.17. The molecular weight excluding hydrogens is 176 g/mol. The summed E-state index contributed by atoms with van der Waals surface area (Å²) in [5.41, 5.74) is 2.18. The molecule has 0 aromatic heterocycles. The van der Waals surface area contributed by atoms with Gasteiger partial charge in [0, 0.05) is 12.8 Å². The Balaban J connectivity index is 2.27. The van der Waals surface area contributed by atoms with Crippen LogP contribution >= 0.6 is 0 Å². The third kappa shape index (κ3) is 1.73. The van der Waals surface area contributed by atoms with Gasteiger partial charge in [-0.3, -0.25) is 0 Å². The lowest BCUT2D eigenvalue weighted by Gasteiger charge is -2.00. The van der Waals surface area contributed by atoms with E-state index >= 15 is 0 Å². The van der Waals surface area contributed by atoms with Gasteiger partial charge in [0.2, 0.25) is 0 Å². The lowest BCUT2D eigenvalue weighted by Crippen LogP contribution is -1.88. The summed E-state index contributed by atoms with van der Waals surface area (Å²) in [6, 6.07) is 6.02. The molecule has 1 N–H and O–H groups in total. The average molecular weight is 188 g/mol. The zero-order valence-electron chi connectivity index (χ0n) is 7.92. The molecule has 1 heterocycles. The molecule has 2 nitrogen and oxygen atoms in total. The molecule has 0 fully saturated rings. The second-order valence-corrected chi connectivity index (χ2v) is 3.17. The zero-order valence-corrected chi connectivity index (χ0v) is 7.92. The van der Waals surface area contributed by atoms with Crippen LogP contribution in [0.15, 0.2) is 18.2 Å². The fraction of sp³-hybridized carbons (Fsp3) is 0.333. The SMILES string of the molecule is OCCC#Cc1cccc2c1OCC2. The van der Waals surface area contributed by atoms with Crippen molar-refractivity contribution in [3.05, 3.63) is 29.3 Å². The standard InChI is InChI=1S/C12H12O2/c13-8-2-1-4-10-5-3-6-11-7-9-14-12(10)11/h3,5-6,13H,2,7-9H2. The van der Waals surface area contributed by atoms with Crippen LogP contribution in [0.5, 0.6) is 5.75 Å². The van der Waals surface area contributed by atoms with E-state index in [0.717, 1.165) is 24.3 Å². The van der Waals surface area contributed by atoms with E-state index in [1.54, 1.807) is 0 Å². The maximum absolute atomic E-state index is 8.60. The van der Waals surface area contributed by atoms with Crippen LogP contribution in [0.25, 0.3) is 0 Å². The quantitative estimate of drug-likeness (QED) is 0.674. The van der Waals surface area contributed by atoms with Crippen molar-refractivity contribution in [1.82, 2.24) is 0 Å². The number of aliphatic hydroxyl groups excluding tert-OH is 1. The molecule has 0 bridgehead atoms. The fourth-order valence-corrected chi connectivity index (χ4v) is 1.53. The maximum atomic E-state index is 8.60. The molecule has 0 amide bonds. The molecule has 72 valence electrons. The van der Waals surface area contributed by atoms with Gasteiger partial charge in [-0.1, -0.05) is 24.0 Å². The number of hydrogen-bond donors (Lipinski definition) is 1. The van der Waals surface area contributed by atoms with E-state index in [-0.39, 0.29) is 6.61 Å². The van der Waals surface area contributed by atoms with Gasteiger partial charge < -0.3 is 9.84 Å². The highest BCUT2D eigenvalue weighted by molar-refractivity contribution is 5.52. The van der Waals surface area contributed by atoms with Crippen molar-refractivity contribution >= 4 is 0 Å². The molecule has 0 aliphatic carbocycles. The Kier molecular flexibility index (Phi) is 2.71. The summed E-state index contributed by atoms with van der Waals surface area (Å²) in [4.78, 5) is 0. The van der Waals surface area contributed by atoms with Crippen molar-refractivity contribution in [2.75, 3.05) is 13.2 Å². The summed E-state index contributed by atoms with van der Waals surface area (Å²) in [5, 5.41) is 8.60. The minimum Gasteiger partial charge on any atom is -0.492 e. The molecule has 0 atom stereocenters. The summed E-state index contributed by atoms with van der Waals surface area (Å²) >= 11 is 0. The van der Waals surface area contributed by atoms with E-state index in [1.807, 2.05) is 12.1 Å². The van der Waals surface area contributed by atoms with Gasteiger partial charge in [-0.15, -0.1) is 0 Å². The van der Waals surface area contributed by atoms with Gasteiger partial charge in [-0.25, -0.2) is 0 Å². The first-order valence-corrected chi connectivity index (χ1v) is 4.76. The Hall–Kier alpha value is -1.46. The lowest BCUT2D eigenvalue weighted by molar-refractivity contribution is 0.305. The molecule has 2 rings (SSSR count). The van der Waals surface area contributed by atoms with Crippen LogP contribution in [0.4, 0.5) is 0 Å². The van der Waals surface area contributed by atoms with E-state index in [9.17, 15) is 0 Å². The minimum atomic E-state index is 0.114. The van der Waals surface area contributed by atoms with E-state index in [1.165, 1.54) is 5.56 Å². The van der Waals surface area contributed by atoms with E-state index in [4.69, 9.17) is 9.84 Å². The van der Waals surface area contributed by atoms with E-state index in [2.05, 4.69) is 17.9 Å². The van der Waals surface area contributed by atoms with Crippen LogP contribution < -0.4 is 4.74 Å². The number of hydrogen-bond acceptors (Lipinski definition) is 2. The Morgan fingerprint density at radius 3 is 3.21 bits per heavy atom. The monoisotopic (exact) mass is 188 g/mol. The smallest absolute Gasteiger partial charge is 0.138 e. The topological polar surface area (TPSA) is 29.5 Å². The number of para-hydroxylation sites is 1. The lowest BCUT2D eigenvalue weighted by atomic mass is 10.1. The number of fused-ring (bicyclic) bond motifs is 1. The molecule has 1 aliphatic rings. The summed E-state index contributed by atoms with van der Waals surface area (Å²) in [5.74, 6) is 6.84. The Morgan fingerprint density at radius 1 is 1.43 bits per heavy atom. The van der Waals surface area contributed by atoms with Crippen molar-refractivity contribution in [1.29, 1.82) is 0 Å². The summed E-state index contributed by atoms with van der Waals surface area (Å²) < 4.78 is 5.50. The third-order valence-corrected chi connectivity index (χ3v) is 2.17. The first-order chi connectivity index (χ1) is 6.92. The first kappa shape index (κ1) is 9.11. The van der Waals surface area contributed by atoms with Crippen molar-refractivity contribution in [3.8, 4) is 17.6 Å². The zero-order chi connectivity index (χ0) is 9.80. The molecule has 0 unspecified atom stereocenters. The van der Waals surface area contributed by atoms with Gasteiger partial charge in [-0.2, -0.15) is 0 Å². The van der Waals surface area contributed by atoms with Crippen molar-refractivity contribution < 1.29 is 9.84 Å². The Morgan fingerprint density at radius 2 is 2.36 bits per heavy atom. The van der Waals surface area contributed by atoms with Gasteiger partial charge in [0.25, 0.3) is 0 Å². The minimum absolute atomic E-state index is 0.114. The van der Waals surface area contributed by atoms with Crippen LogP contribution in [0.1, 0.15) is 17.5 Å². The third-order valence-electron chi connectivity index (χ3n) is 2.17. The van der Waals surface area contributed by atoms with Gasteiger partial charge in [0.15, 0.2) is 0 Å². The predicted molar refractivity (Wildman–Crippen MR) is 54.2 cm³/mol. The molecule has 2 heteroatoms. The van der Waals surface area contributed by atoms with E-state index in [0.29, 0.717) is 6.42 Å². The fourth-order valence-electron chi connectivity index (χ4n) is 1.53. The molecule has 0 radical (unpaired) electrons. The number of ether oxygens (including phenoxy) is 1. The summed E-state index contributed by atoms with van der Waals surface area (Å²) in [7, 11) is 0. The molecule has 0 spiro atoms. The molecule has 14 heavy (non-hydrogen) atoms. The number of benzene rings is 1. The molecule has 1 aromatic rings. The Labute approximate surface area is 83.5 Å². The second kappa shape index (κ2) is 4.17.